The van der Waals surface area contributed by atoms with Crippen LogP contribution in [0.4, 0.5) is 0 Å². The third kappa shape index (κ3) is 3.16. The molecule has 1 aliphatic heterocycles. The molecule has 0 saturated heterocycles. The number of carbonyl (C=O) groups excluding carboxylic acids is 2. The van der Waals surface area contributed by atoms with Crippen LogP contribution in [0.1, 0.15) is 29.6 Å². The molecule has 1 aromatic carbocycles. The zero-order valence-corrected chi connectivity index (χ0v) is 10.8. The molecule has 98 valence electrons. The van der Waals surface area contributed by atoms with E-state index in [1.165, 1.54) is 7.11 Å². The van der Waals surface area contributed by atoms with Crippen LogP contribution in [0.25, 0.3) is 0 Å². The van der Waals surface area contributed by atoms with E-state index < -0.39 is 5.97 Å². The maximum Gasteiger partial charge on any atom is 0.335 e. The molecule has 1 aliphatic rings. The lowest BCUT2D eigenvalue weighted by Gasteiger charge is -2.13. The summed E-state index contributed by atoms with van der Waals surface area (Å²) < 4.78 is 4.73. The van der Waals surface area contributed by atoms with Gasteiger partial charge in [-0.1, -0.05) is 30.3 Å². The topological polar surface area (TPSA) is 55.7 Å². The molecule has 0 fully saturated rings. The van der Waals surface area contributed by atoms with E-state index in [9.17, 15) is 9.59 Å². The minimum Gasteiger partial charge on any atom is -0.466 e. The molecular formula is C15H15NO3. The number of hydrogen-bond donors (Lipinski definition) is 0. The molecule has 0 N–H and O–H groups in total. The second kappa shape index (κ2) is 6.09. The normalized spacial score (nSPS) is 14.4. The van der Waals surface area contributed by atoms with Gasteiger partial charge in [-0.05, 0) is 12.8 Å². The molecular weight excluding hydrogens is 242 g/mol. The molecule has 0 atom stereocenters. The van der Waals surface area contributed by atoms with Crippen LogP contribution < -0.4 is 0 Å². The number of ketones is 1. The molecule has 0 spiro atoms. The van der Waals surface area contributed by atoms with Gasteiger partial charge in [0.2, 0.25) is 0 Å². The highest BCUT2D eigenvalue weighted by atomic mass is 16.5. The summed E-state index contributed by atoms with van der Waals surface area (Å²) in [6, 6.07) is 9.00. The minimum absolute atomic E-state index is 0.0453. The molecule has 0 aromatic heterocycles. The Labute approximate surface area is 111 Å². The summed E-state index contributed by atoms with van der Waals surface area (Å²) in [5, 5.41) is 0. The van der Waals surface area contributed by atoms with Gasteiger partial charge in [-0.25, -0.2) is 4.79 Å². The van der Waals surface area contributed by atoms with Crippen LogP contribution >= 0.6 is 0 Å². The van der Waals surface area contributed by atoms with Crippen molar-refractivity contribution in [3.8, 4) is 0 Å². The van der Waals surface area contributed by atoms with Crippen molar-refractivity contribution in [2.45, 2.75) is 19.3 Å². The Bertz CT molecular complexity index is 544. The van der Waals surface area contributed by atoms with Crippen molar-refractivity contribution in [2.75, 3.05) is 7.11 Å². The van der Waals surface area contributed by atoms with E-state index in [1.54, 1.807) is 18.3 Å². The Hall–Kier alpha value is -2.23. The lowest BCUT2D eigenvalue weighted by molar-refractivity contribution is -0.136. The number of ether oxygens (including phenoxy) is 1. The smallest absolute Gasteiger partial charge is 0.335 e. The zero-order chi connectivity index (χ0) is 13.7. The van der Waals surface area contributed by atoms with Gasteiger partial charge in [0.1, 0.15) is 0 Å². The van der Waals surface area contributed by atoms with E-state index in [-0.39, 0.29) is 12.2 Å². The number of benzene rings is 1. The molecule has 0 radical (unpaired) electrons. The largest absolute Gasteiger partial charge is 0.466 e. The number of hydrogen-bond acceptors (Lipinski definition) is 4. The second-order valence-electron chi connectivity index (χ2n) is 4.23. The van der Waals surface area contributed by atoms with Gasteiger partial charge < -0.3 is 4.74 Å². The van der Waals surface area contributed by atoms with E-state index in [2.05, 4.69) is 4.99 Å². The molecule has 0 bridgehead atoms. The first-order chi connectivity index (χ1) is 9.22. The highest BCUT2D eigenvalue weighted by Crippen LogP contribution is 2.22. The van der Waals surface area contributed by atoms with Gasteiger partial charge in [0.25, 0.3) is 0 Å². The molecule has 0 saturated carbocycles. The van der Waals surface area contributed by atoms with Gasteiger partial charge in [0, 0.05) is 11.8 Å². The fourth-order valence-corrected chi connectivity index (χ4v) is 1.98. The van der Waals surface area contributed by atoms with Crippen molar-refractivity contribution >= 4 is 18.0 Å². The number of aliphatic imine (C=N–C) groups is 1. The van der Waals surface area contributed by atoms with Crippen molar-refractivity contribution in [1.82, 2.24) is 0 Å². The van der Waals surface area contributed by atoms with E-state index in [0.717, 1.165) is 0 Å². The molecule has 19 heavy (non-hydrogen) atoms. The zero-order valence-electron chi connectivity index (χ0n) is 10.8. The summed E-state index contributed by atoms with van der Waals surface area (Å²) in [5.41, 5.74) is 1.65. The van der Waals surface area contributed by atoms with Crippen molar-refractivity contribution in [3.05, 3.63) is 47.2 Å². The van der Waals surface area contributed by atoms with E-state index in [1.807, 2.05) is 18.2 Å². The highest BCUT2D eigenvalue weighted by molar-refractivity contribution is 5.99. The lowest BCUT2D eigenvalue weighted by atomic mass is 10.00. The van der Waals surface area contributed by atoms with Crippen LogP contribution in [0, 0.1) is 0 Å². The summed E-state index contributed by atoms with van der Waals surface area (Å²) in [4.78, 5) is 27.9. The summed E-state index contributed by atoms with van der Waals surface area (Å²) in [6.07, 6.45) is 3.14. The Morgan fingerprint density at radius 3 is 2.68 bits per heavy atom. The molecule has 2 rings (SSSR count). The van der Waals surface area contributed by atoms with Crippen LogP contribution in [-0.2, 0) is 9.53 Å². The van der Waals surface area contributed by atoms with E-state index in [0.29, 0.717) is 29.7 Å². The fraction of sp³-hybridized carbons (Fsp3) is 0.267. The van der Waals surface area contributed by atoms with Gasteiger partial charge in [0.15, 0.2) is 5.78 Å². The van der Waals surface area contributed by atoms with Crippen LogP contribution in [0.2, 0.25) is 0 Å². The predicted molar refractivity (Wildman–Crippen MR) is 72.2 cm³/mol. The number of Topliss-reactive ketones (excluding diaryl/α,β-unsaturated/α-hetero) is 1. The number of carbonyl (C=O) groups is 2. The van der Waals surface area contributed by atoms with Crippen LogP contribution in [-0.4, -0.2) is 25.1 Å². The monoisotopic (exact) mass is 257 g/mol. The molecule has 1 aromatic rings. The molecule has 0 aliphatic carbocycles. The van der Waals surface area contributed by atoms with E-state index in [4.69, 9.17) is 4.74 Å². The Balaban J connectivity index is 2.21. The van der Waals surface area contributed by atoms with Crippen molar-refractivity contribution in [3.63, 3.8) is 0 Å². The number of esters is 1. The number of methoxy groups -OCH3 is 1. The maximum absolute atomic E-state index is 12.1. The first-order valence-corrected chi connectivity index (χ1v) is 6.13. The van der Waals surface area contributed by atoms with Crippen LogP contribution in [0.5, 0.6) is 0 Å². The lowest BCUT2D eigenvalue weighted by Crippen LogP contribution is -2.13. The summed E-state index contributed by atoms with van der Waals surface area (Å²) in [5.74, 6) is -0.441. The maximum atomic E-state index is 12.1. The van der Waals surface area contributed by atoms with Crippen molar-refractivity contribution < 1.29 is 14.3 Å². The SMILES string of the molecule is COC(=O)C1=C(CC(=O)c2ccccc2)N=CCC1. The molecule has 0 unspecified atom stereocenters. The molecule has 0 amide bonds. The van der Waals surface area contributed by atoms with Crippen molar-refractivity contribution in [2.24, 2.45) is 4.99 Å². The number of nitrogens with zero attached hydrogens (tertiary/aromatic N) is 1. The third-order valence-corrected chi connectivity index (χ3v) is 2.97. The molecule has 1 heterocycles. The van der Waals surface area contributed by atoms with Gasteiger partial charge in [-0.15, -0.1) is 0 Å². The third-order valence-electron chi connectivity index (χ3n) is 2.97. The van der Waals surface area contributed by atoms with E-state index >= 15 is 0 Å². The van der Waals surface area contributed by atoms with Gasteiger partial charge in [-0.2, -0.15) is 0 Å². The molecule has 4 heteroatoms. The van der Waals surface area contributed by atoms with Gasteiger partial charge >= 0.3 is 5.97 Å². The first-order valence-electron chi connectivity index (χ1n) is 6.13. The average Bonchev–Trinajstić information content (AvgIpc) is 2.48. The summed E-state index contributed by atoms with van der Waals surface area (Å²) in [7, 11) is 1.34. The summed E-state index contributed by atoms with van der Waals surface area (Å²) in [6.45, 7) is 0. The highest BCUT2D eigenvalue weighted by Gasteiger charge is 2.20. The standard InChI is InChI=1S/C15H15NO3/c1-19-15(18)12-8-5-9-16-13(12)10-14(17)11-6-3-2-4-7-11/h2-4,6-7,9H,5,8,10H2,1H3. The average molecular weight is 257 g/mol. The number of rotatable bonds is 4. The Morgan fingerprint density at radius 1 is 1.26 bits per heavy atom. The Kier molecular flexibility index (Phi) is 4.23. The minimum atomic E-state index is -0.396. The first kappa shape index (κ1) is 13.2. The Morgan fingerprint density at radius 2 is 2.00 bits per heavy atom. The van der Waals surface area contributed by atoms with Gasteiger partial charge in [0.05, 0.1) is 24.8 Å². The molecule has 4 nitrogen and oxygen atoms in total. The summed E-state index contributed by atoms with van der Waals surface area (Å²) >= 11 is 0. The second-order valence-corrected chi connectivity index (χ2v) is 4.23. The van der Waals surface area contributed by atoms with Crippen LogP contribution in [0.15, 0.2) is 46.6 Å². The van der Waals surface area contributed by atoms with Gasteiger partial charge in [-0.3, -0.25) is 9.79 Å². The van der Waals surface area contributed by atoms with Crippen molar-refractivity contribution in [1.29, 1.82) is 0 Å². The predicted octanol–water partition coefficient (Wildman–Crippen LogP) is 2.55. The quantitative estimate of drug-likeness (QED) is 0.615. The fourth-order valence-electron chi connectivity index (χ4n) is 1.98. The number of allylic oxidation sites excluding steroid dienone is 1. The van der Waals surface area contributed by atoms with Crippen LogP contribution in [0.3, 0.4) is 0 Å².